The van der Waals surface area contributed by atoms with E-state index in [2.05, 4.69) is 12.2 Å². The zero-order valence-electron chi connectivity index (χ0n) is 11.5. The van der Waals surface area contributed by atoms with E-state index in [1.165, 1.54) is 12.1 Å². The lowest BCUT2D eigenvalue weighted by Crippen LogP contribution is -2.41. The van der Waals surface area contributed by atoms with Crippen molar-refractivity contribution < 1.29 is 18.3 Å². The fourth-order valence-corrected chi connectivity index (χ4v) is 2.94. The van der Waals surface area contributed by atoms with Gasteiger partial charge in [-0.3, -0.25) is 0 Å². The Morgan fingerprint density at radius 1 is 1.35 bits per heavy atom. The maximum absolute atomic E-state index is 12.9. The van der Waals surface area contributed by atoms with Crippen molar-refractivity contribution in [1.82, 2.24) is 0 Å². The van der Waals surface area contributed by atoms with Crippen LogP contribution in [0.25, 0.3) is 0 Å². The van der Waals surface area contributed by atoms with Crippen molar-refractivity contribution in [2.24, 2.45) is 5.92 Å². The third-order valence-electron chi connectivity index (χ3n) is 3.91. The topological polar surface area (TPSA) is 32.3 Å². The highest BCUT2D eigenvalue weighted by molar-refractivity contribution is 5.52. The molecule has 1 aromatic carbocycles. The largest absolute Gasteiger partial charge is 0.418 e. The number of nitrogens with one attached hydrogen (secondary N) is 1. The predicted octanol–water partition coefficient (Wildman–Crippen LogP) is 4.06. The zero-order chi connectivity index (χ0) is 14.8. The van der Waals surface area contributed by atoms with Gasteiger partial charge in [0.2, 0.25) is 0 Å². The minimum Gasteiger partial charge on any atom is -0.388 e. The van der Waals surface area contributed by atoms with Gasteiger partial charge in [0.25, 0.3) is 0 Å². The number of rotatable bonds is 3. The smallest absolute Gasteiger partial charge is 0.388 e. The number of para-hydroxylation sites is 1. The Morgan fingerprint density at radius 3 is 2.70 bits per heavy atom. The van der Waals surface area contributed by atoms with Crippen molar-refractivity contribution in [3.8, 4) is 0 Å². The number of benzene rings is 1. The first-order chi connectivity index (χ1) is 9.30. The molecule has 0 heterocycles. The van der Waals surface area contributed by atoms with Crippen molar-refractivity contribution in [2.45, 2.75) is 44.4 Å². The average molecular weight is 287 g/mol. The fourth-order valence-electron chi connectivity index (χ4n) is 2.94. The van der Waals surface area contributed by atoms with Gasteiger partial charge in [-0.15, -0.1) is 0 Å². The summed E-state index contributed by atoms with van der Waals surface area (Å²) in [6.45, 7) is 2.22. The maximum atomic E-state index is 12.9. The van der Waals surface area contributed by atoms with E-state index in [0.717, 1.165) is 18.9 Å². The van der Waals surface area contributed by atoms with Crippen LogP contribution in [0.5, 0.6) is 0 Å². The van der Waals surface area contributed by atoms with Crippen molar-refractivity contribution in [1.29, 1.82) is 0 Å². The summed E-state index contributed by atoms with van der Waals surface area (Å²) in [6, 6.07) is 5.38. The van der Waals surface area contributed by atoms with Crippen LogP contribution in [0.4, 0.5) is 18.9 Å². The van der Waals surface area contributed by atoms with E-state index in [1.54, 1.807) is 6.07 Å². The molecule has 1 fully saturated rings. The quantitative estimate of drug-likeness (QED) is 0.878. The number of hydrogen-bond acceptors (Lipinski definition) is 2. The van der Waals surface area contributed by atoms with Crippen molar-refractivity contribution in [3.63, 3.8) is 0 Å². The first-order valence-corrected chi connectivity index (χ1v) is 6.93. The minimum atomic E-state index is -4.38. The molecule has 5 heteroatoms. The Balaban J connectivity index is 2.08. The summed E-state index contributed by atoms with van der Waals surface area (Å²) in [5.74, 6) is 0.411. The molecule has 1 saturated carbocycles. The Hall–Kier alpha value is -1.23. The number of alkyl halides is 3. The second-order valence-corrected chi connectivity index (χ2v) is 5.82. The van der Waals surface area contributed by atoms with E-state index in [-0.39, 0.29) is 12.2 Å². The Bertz CT molecular complexity index is 461. The van der Waals surface area contributed by atoms with E-state index in [4.69, 9.17) is 0 Å². The highest BCUT2D eigenvalue weighted by Crippen LogP contribution is 2.36. The molecule has 0 radical (unpaired) electrons. The Morgan fingerprint density at radius 2 is 2.05 bits per heavy atom. The highest BCUT2D eigenvalue weighted by Gasteiger charge is 2.35. The van der Waals surface area contributed by atoms with Crippen LogP contribution in [0.3, 0.4) is 0 Å². The molecule has 2 rings (SSSR count). The summed E-state index contributed by atoms with van der Waals surface area (Å²) < 4.78 is 38.6. The maximum Gasteiger partial charge on any atom is 0.418 e. The summed E-state index contributed by atoms with van der Waals surface area (Å²) in [5.41, 5.74) is -1.56. The average Bonchev–Trinajstić information content (AvgIpc) is 2.35. The number of anilines is 1. The van der Waals surface area contributed by atoms with Crippen LogP contribution in [-0.2, 0) is 6.18 Å². The van der Waals surface area contributed by atoms with Gasteiger partial charge < -0.3 is 10.4 Å². The van der Waals surface area contributed by atoms with E-state index in [9.17, 15) is 18.3 Å². The Kier molecular flexibility index (Phi) is 4.28. The molecule has 0 bridgehead atoms. The van der Waals surface area contributed by atoms with Gasteiger partial charge in [0.1, 0.15) is 0 Å². The van der Waals surface area contributed by atoms with E-state index in [0.29, 0.717) is 18.8 Å². The SMILES string of the molecule is CC1CCCC(O)(CNc2ccccc2C(F)(F)F)C1. The summed E-state index contributed by atoms with van der Waals surface area (Å²) >= 11 is 0. The van der Waals surface area contributed by atoms with Gasteiger partial charge in [0, 0.05) is 12.2 Å². The molecule has 2 atom stereocenters. The first-order valence-electron chi connectivity index (χ1n) is 6.93. The van der Waals surface area contributed by atoms with Crippen LogP contribution in [0.15, 0.2) is 24.3 Å². The first kappa shape index (κ1) is 15.2. The number of hydrogen-bond donors (Lipinski definition) is 2. The summed E-state index contributed by atoms with van der Waals surface area (Å²) in [5, 5.41) is 13.2. The van der Waals surface area contributed by atoms with Gasteiger partial charge in [-0.2, -0.15) is 13.2 Å². The number of halogens is 3. The summed E-state index contributed by atoms with van der Waals surface area (Å²) in [4.78, 5) is 0. The third-order valence-corrected chi connectivity index (χ3v) is 3.91. The van der Waals surface area contributed by atoms with Crippen LogP contribution >= 0.6 is 0 Å². The standard InChI is InChI=1S/C15H20F3NO/c1-11-5-4-8-14(20,9-11)10-19-13-7-3-2-6-12(13)15(16,17)18/h2-3,6-7,11,19-20H,4-5,8-10H2,1H3. The van der Waals surface area contributed by atoms with Crippen LogP contribution in [0, 0.1) is 5.92 Å². The molecule has 0 saturated heterocycles. The molecule has 0 spiro atoms. The van der Waals surface area contributed by atoms with E-state index < -0.39 is 17.3 Å². The molecule has 112 valence electrons. The molecule has 2 unspecified atom stereocenters. The summed E-state index contributed by atoms with van der Waals surface area (Å²) in [6.07, 6.45) is -1.12. The molecule has 0 aliphatic heterocycles. The van der Waals surface area contributed by atoms with Gasteiger partial charge in [0.15, 0.2) is 0 Å². The van der Waals surface area contributed by atoms with Crippen LogP contribution in [0.1, 0.15) is 38.2 Å². The van der Waals surface area contributed by atoms with Gasteiger partial charge in [0.05, 0.1) is 11.2 Å². The van der Waals surface area contributed by atoms with E-state index >= 15 is 0 Å². The fraction of sp³-hybridized carbons (Fsp3) is 0.600. The Labute approximate surface area is 117 Å². The van der Waals surface area contributed by atoms with Gasteiger partial charge in [-0.05, 0) is 30.9 Å². The van der Waals surface area contributed by atoms with Crippen molar-refractivity contribution in [2.75, 3.05) is 11.9 Å². The summed E-state index contributed by atoms with van der Waals surface area (Å²) in [7, 11) is 0. The number of aliphatic hydroxyl groups is 1. The molecule has 1 aliphatic carbocycles. The highest BCUT2D eigenvalue weighted by atomic mass is 19.4. The lowest BCUT2D eigenvalue weighted by atomic mass is 9.79. The predicted molar refractivity (Wildman–Crippen MR) is 72.5 cm³/mol. The lowest BCUT2D eigenvalue weighted by molar-refractivity contribution is -0.137. The molecule has 20 heavy (non-hydrogen) atoms. The second kappa shape index (κ2) is 5.64. The molecule has 2 N–H and O–H groups in total. The van der Waals surface area contributed by atoms with E-state index in [1.807, 2.05) is 0 Å². The van der Waals surface area contributed by atoms with Gasteiger partial charge in [-0.25, -0.2) is 0 Å². The monoisotopic (exact) mass is 287 g/mol. The molecule has 0 aromatic heterocycles. The third kappa shape index (κ3) is 3.66. The van der Waals surface area contributed by atoms with Crippen LogP contribution < -0.4 is 5.32 Å². The zero-order valence-corrected chi connectivity index (χ0v) is 11.5. The normalized spacial score (nSPS) is 27.4. The van der Waals surface area contributed by atoms with Gasteiger partial charge in [-0.1, -0.05) is 31.9 Å². The van der Waals surface area contributed by atoms with Gasteiger partial charge >= 0.3 is 6.18 Å². The second-order valence-electron chi connectivity index (χ2n) is 5.82. The lowest BCUT2D eigenvalue weighted by Gasteiger charge is -2.36. The van der Waals surface area contributed by atoms with Crippen molar-refractivity contribution >= 4 is 5.69 Å². The van der Waals surface area contributed by atoms with Crippen LogP contribution in [-0.4, -0.2) is 17.3 Å². The molecule has 2 nitrogen and oxygen atoms in total. The molecule has 1 aliphatic rings. The van der Waals surface area contributed by atoms with Crippen molar-refractivity contribution in [3.05, 3.63) is 29.8 Å². The molecular weight excluding hydrogens is 267 g/mol. The minimum absolute atomic E-state index is 0.0339. The van der Waals surface area contributed by atoms with Crippen LogP contribution in [0.2, 0.25) is 0 Å². The molecule has 1 aromatic rings. The molecular formula is C15H20F3NO. The molecule has 0 amide bonds.